The second-order valence-corrected chi connectivity index (χ2v) is 6.58. The van der Waals surface area contributed by atoms with Crippen LogP contribution in [-0.4, -0.2) is 30.0 Å². The van der Waals surface area contributed by atoms with Crippen LogP contribution in [0.5, 0.6) is 0 Å². The summed E-state index contributed by atoms with van der Waals surface area (Å²) in [6.07, 6.45) is 12.8. The summed E-state index contributed by atoms with van der Waals surface area (Å²) in [6.45, 7) is 2.03. The van der Waals surface area contributed by atoms with Gasteiger partial charge in [0.15, 0.2) is 0 Å². The Morgan fingerprint density at radius 3 is 2.45 bits per heavy atom. The number of pyridine rings is 1. The summed E-state index contributed by atoms with van der Waals surface area (Å²) >= 11 is 0. The average molecular weight is 301 g/mol. The standard InChI is InChI=1S/C18H27N3O/c22-18(20-15-9-4-3-5-10-15)16-11-8-12-19-17(16)21-13-6-1-2-7-14-21/h8,11-12,15H,1-7,9-10,13-14H2,(H,20,22). The second kappa shape index (κ2) is 7.61. The van der Waals surface area contributed by atoms with Crippen molar-refractivity contribution in [1.29, 1.82) is 0 Å². The van der Waals surface area contributed by atoms with Crippen LogP contribution in [0.1, 0.15) is 68.1 Å². The zero-order valence-corrected chi connectivity index (χ0v) is 13.4. The molecule has 1 aliphatic heterocycles. The largest absolute Gasteiger partial charge is 0.356 e. The summed E-state index contributed by atoms with van der Waals surface area (Å²) in [6, 6.07) is 4.14. The highest BCUT2D eigenvalue weighted by Gasteiger charge is 2.22. The van der Waals surface area contributed by atoms with E-state index in [2.05, 4.69) is 15.2 Å². The zero-order valence-electron chi connectivity index (χ0n) is 13.4. The predicted molar refractivity (Wildman–Crippen MR) is 89.3 cm³/mol. The summed E-state index contributed by atoms with van der Waals surface area (Å²) in [5, 5.41) is 3.22. The third kappa shape index (κ3) is 3.79. The molecule has 1 N–H and O–H groups in total. The fraction of sp³-hybridized carbons (Fsp3) is 0.667. The van der Waals surface area contributed by atoms with Crippen molar-refractivity contribution < 1.29 is 4.79 Å². The first-order chi connectivity index (χ1) is 10.8. The number of anilines is 1. The van der Waals surface area contributed by atoms with Crippen molar-refractivity contribution in [3.63, 3.8) is 0 Å². The summed E-state index contributed by atoms with van der Waals surface area (Å²) in [4.78, 5) is 19.5. The molecule has 1 saturated heterocycles. The maximum Gasteiger partial charge on any atom is 0.255 e. The average Bonchev–Trinajstić information content (AvgIpc) is 2.85. The molecular weight excluding hydrogens is 274 g/mol. The van der Waals surface area contributed by atoms with Gasteiger partial charge in [0.1, 0.15) is 5.82 Å². The van der Waals surface area contributed by atoms with E-state index in [9.17, 15) is 4.79 Å². The molecule has 0 unspecified atom stereocenters. The topological polar surface area (TPSA) is 45.2 Å². The van der Waals surface area contributed by atoms with Crippen molar-refractivity contribution in [3.05, 3.63) is 23.9 Å². The van der Waals surface area contributed by atoms with Gasteiger partial charge in [0.05, 0.1) is 5.56 Å². The van der Waals surface area contributed by atoms with Crippen LogP contribution in [0, 0.1) is 0 Å². The van der Waals surface area contributed by atoms with Crippen LogP contribution in [0.2, 0.25) is 0 Å². The Bertz CT molecular complexity index is 489. The van der Waals surface area contributed by atoms with Crippen LogP contribution >= 0.6 is 0 Å². The Morgan fingerprint density at radius 1 is 1.05 bits per heavy atom. The highest BCUT2D eigenvalue weighted by atomic mass is 16.1. The molecule has 0 aromatic carbocycles. The summed E-state index contributed by atoms with van der Waals surface area (Å²) in [5.41, 5.74) is 0.745. The van der Waals surface area contributed by atoms with Crippen LogP contribution in [0.4, 0.5) is 5.82 Å². The lowest BCUT2D eigenvalue weighted by atomic mass is 9.95. The SMILES string of the molecule is O=C(NC1CCCCC1)c1cccnc1N1CCCCCC1. The minimum atomic E-state index is 0.0549. The number of nitrogens with one attached hydrogen (secondary N) is 1. The molecule has 2 heterocycles. The van der Waals surface area contributed by atoms with E-state index in [-0.39, 0.29) is 5.91 Å². The summed E-state index contributed by atoms with van der Waals surface area (Å²) in [7, 11) is 0. The lowest BCUT2D eigenvalue weighted by molar-refractivity contribution is 0.0928. The number of carbonyl (C=O) groups is 1. The Morgan fingerprint density at radius 2 is 1.73 bits per heavy atom. The lowest BCUT2D eigenvalue weighted by Crippen LogP contribution is -2.37. The Hall–Kier alpha value is -1.58. The molecule has 2 aliphatic rings. The number of nitrogens with zero attached hydrogens (tertiary/aromatic N) is 2. The molecule has 3 rings (SSSR count). The molecule has 22 heavy (non-hydrogen) atoms. The van der Waals surface area contributed by atoms with Crippen molar-refractivity contribution in [3.8, 4) is 0 Å². The minimum Gasteiger partial charge on any atom is -0.356 e. The highest BCUT2D eigenvalue weighted by Crippen LogP contribution is 2.23. The molecule has 120 valence electrons. The van der Waals surface area contributed by atoms with Crippen molar-refractivity contribution in [2.45, 2.75) is 63.8 Å². The van der Waals surface area contributed by atoms with E-state index in [0.717, 1.165) is 37.3 Å². The molecule has 0 atom stereocenters. The molecule has 2 fully saturated rings. The number of carbonyl (C=O) groups excluding carboxylic acids is 1. The maximum absolute atomic E-state index is 12.7. The first kappa shape index (κ1) is 15.3. The Balaban J connectivity index is 1.73. The van der Waals surface area contributed by atoms with Gasteiger partial charge in [-0.1, -0.05) is 32.1 Å². The van der Waals surface area contributed by atoms with E-state index in [1.54, 1.807) is 6.20 Å². The first-order valence-electron chi connectivity index (χ1n) is 8.85. The van der Waals surface area contributed by atoms with Crippen molar-refractivity contribution >= 4 is 11.7 Å². The number of rotatable bonds is 3. The third-order valence-corrected chi connectivity index (χ3v) is 4.88. The number of amides is 1. The molecule has 0 spiro atoms. The highest BCUT2D eigenvalue weighted by molar-refractivity contribution is 5.99. The van der Waals surface area contributed by atoms with Gasteiger partial charge in [-0.2, -0.15) is 0 Å². The van der Waals surface area contributed by atoms with Gasteiger partial charge in [-0.05, 0) is 37.8 Å². The maximum atomic E-state index is 12.7. The monoisotopic (exact) mass is 301 g/mol. The fourth-order valence-electron chi connectivity index (χ4n) is 3.62. The van der Waals surface area contributed by atoms with Crippen molar-refractivity contribution in [2.24, 2.45) is 0 Å². The second-order valence-electron chi connectivity index (χ2n) is 6.58. The first-order valence-corrected chi connectivity index (χ1v) is 8.85. The number of aromatic nitrogens is 1. The minimum absolute atomic E-state index is 0.0549. The van der Waals surface area contributed by atoms with Gasteiger partial charge in [-0.15, -0.1) is 0 Å². The number of hydrogen-bond acceptors (Lipinski definition) is 3. The van der Waals surface area contributed by atoms with Gasteiger partial charge in [-0.25, -0.2) is 4.98 Å². The molecule has 0 bridgehead atoms. The van der Waals surface area contributed by atoms with Crippen LogP contribution in [0.25, 0.3) is 0 Å². The van der Waals surface area contributed by atoms with E-state index in [1.165, 1.54) is 44.9 Å². The zero-order chi connectivity index (χ0) is 15.2. The molecule has 0 radical (unpaired) electrons. The quantitative estimate of drug-likeness (QED) is 0.929. The van der Waals surface area contributed by atoms with Gasteiger partial charge in [-0.3, -0.25) is 4.79 Å². The van der Waals surface area contributed by atoms with E-state index >= 15 is 0 Å². The molecule has 1 aliphatic carbocycles. The predicted octanol–water partition coefficient (Wildman–Crippen LogP) is 3.52. The Kier molecular flexibility index (Phi) is 5.30. The molecule has 4 nitrogen and oxygen atoms in total. The van der Waals surface area contributed by atoms with Gasteiger partial charge in [0.25, 0.3) is 5.91 Å². The van der Waals surface area contributed by atoms with Crippen LogP contribution in [0.15, 0.2) is 18.3 Å². The van der Waals surface area contributed by atoms with Crippen molar-refractivity contribution in [2.75, 3.05) is 18.0 Å². The Labute approximate surface area is 133 Å². The number of hydrogen-bond donors (Lipinski definition) is 1. The summed E-state index contributed by atoms with van der Waals surface area (Å²) in [5.74, 6) is 0.928. The molecule has 1 aromatic rings. The van der Waals surface area contributed by atoms with Crippen LogP contribution in [-0.2, 0) is 0 Å². The van der Waals surface area contributed by atoms with E-state index < -0.39 is 0 Å². The van der Waals surface area contributed by atoms with Crippen LogP contribution < -0.4 is 10.2 Å². The normalized spacial score (nSPS) is 20.5. The third-order valence-electron chi connectivity index (χ3n) is 4.88. The molecule has 1 saturated carbocycles. The van der Waals surface area contributed by atoms with Gasteiger partial charge in [0, 0.05) is 25.3 Å². The van der Waals surface area contributed by atoms with Crippen molar-refractivity contribution in [1.82, 2.24) is 10.3 Å². The van der Waals surface area contributed by atoms with E-state index in [4.69, 9.17) is 0 Å². The van der Waals surface area contributed by atoms with E-state index in [1.807, 2.05) is 12.1 Å². The van der Waals surface area contributed by atoms with Gasteiger partial charge >= 0.3 is 0 Å². The molecule has 1 aromatic heterocycles. The summed E-state index contributed by atoms with van der Waals surface area (Å²) < 4.78 is 0. The van der Waals surface area contributed by atoms with Gasteiger partial charge in [0.2, 0.25) is 0 Å². The lowest BCUT2D eigenvalue weighted by Gasteiger charge is -2.26. The van der Waals surface area contributed by atoms with Crippen LogP contribution in [0.3, 0.4) is 0 Å². The smallest absolute Gasteiger partial charge is 0.255 e. The van der Waals surface area contributed by atoms with E-state index in [0.29, 0.717) is 6.04 Å². The van der Waals surface area contributed by atoms with Gasteiger partial charge < -0.3 is 10.2 Å². The molecule has 4 heteroatoms. The molecule has 1 amide bonds. The molecular formula is C18H27N3O. The fourth-order valence-corrected chi connectivity index (χ4v) is 3.62.